The van der Waals surface area contributed by atoms with Crippen LogP contribution in [0.3, 0.4) is 0 Å². The van der Waals surface area contributed by atoms with E-state index in [1.807, 2.05) is 0 Å². The minimum absolute atomic E-state index is 0.0285. The number of amides is 2. The fourth-order valence-electron chi connectivity index (χ4n) is 4.08. The smallest absolute Gasteiger partial charge is 0.253 e. The summed E-state index contributed by atoms with van der Waals surface area (Å²) in [7, 11) is 1.56. The Morgan fingerprint density at radius 3 is 2.59 bits per heavy atom. The normalized spacial score (nSPS) is 16.8. The number of carbonyl (C=O) groups excluding carboxylic acids is 3. The number of hydrogen-bond donors (Lipinski definition) is 1. The zero-order valence-electron chi connectivity index (χ0n) is 17.5. The minimum Gasteiger partial charge on any atom is -0.497 e. The van der Waals surface area contributed by atoms with Crippen LogP contribution in [0.25, 0.3) is 0 Å². The summed E-state index contributed by atoms with van der Waals surface area (Å²) in [5, 5.41) is 3.25. The third-order valence-corrected chi connectivity index (χ3v) is 6.45. The predicted octanol–water partition coefficient (Wildman–Crippen LogP) is 3.76. The van der Waals surface area contributed by atoms with E-state index >= 15 is 0 Å². The van der Waals surface area contributed by atoms with Crippen molar-refractivity contribution in [3.8, 4) is 11.5 Å². The van der Waals surface area contributed by atoms with Crippen molar-refractivity contribution < 1.29 is 23.9 Å². The number of benzene rings is 2. The van der Waals surface area contributed by atoms with Gasteiger partial charge in [-0.15, -0.1) is 0 Å². The molecule has 1 saturated heterocycles. The third kappa shape index (κ3) is 4.54. The molecule has 0 bridgehead atoms. The third-order valence-electron chi connectivity index (χ3n) is 5.90. The van der Waals surface area contributed by atoms with Crippen LogP contribution in [-0.2, 0) is 4.79 Å². The lowest BCUT2D eigenvalue weighted by Crippen LogP contribution is -2.53. The molecule has 0 atom stereocenters. The molecule has 2 heterocycles. The number of hydrogen-bond acceptors (Lipinski definition) is 5. The van der Waals surface area contributed by atoms with Gasteiger partial charge in [0.25, 0.3) is 5.91 Å². The van der Waals surface area contributed by atoms with E-state index in [1.165, 1.54) is 12.1 Å². The quantitative estimate of drug-likeness (QED) is 0.725. The standard InChI is InChI=1S/C23H22Cl2N2O5/c1-31-15-3-5-17-19(28)12-23(32-20(17)11-15)6-8-27(9-7-23)21(29)13-26-22(30)16-4-2-14(24)10-18(16)25/h2-5,10-11H,6-9,12-13H2,1H3,(H,26,30). The Labute approximate surface area is 195 Å². The van der Waals surface area contributed by atoms with E-state index in [4.69, 9.17) is 32.7 Å². The first-order valence-electron chi connectivity index (χ1n) is 10.2. The lowest BCUT2D eigenvalue weighted by molar-refractivity contribution is -0.133. The fourth-order valence-corrected chi connectivity index (χ4v) is 4.57. The van der Waals surface area contributed by atoms with Crippen LogP contribution in [0.2, 0.25) is 10.0 Å². The van der Waals surface area contributed by atoms with Crippen LogP contribution in [0.4, 0.5) is 0 Å². The fraction of sp³-hybridized carbons (Fsp3) is 0.348. The molecule has 7 nitrogen and oxygen atoms in total. The summed E-state index contributed by atoms with van der Waals surface area (Å²) in [4.78, 5) is 39.3. The molecule has 9 heteroatoms. The minimum atomic E-state index is -0.632. The second kappa shape index (κ2) is 9.00. The van der Waals surface area contributed by atoms with Crippen LogP contribution < -0.4 is 14.8 Å². The van der Waals surface area contributed by atoms with Gasteiger partial charge in [-0.25, -0.2) is 0 Å². The molecular formula is C23H22Cl2N2O5. The number of carbonyl (C=O) groups is 3. The molecule has 4 rings (SSSR count). The summed E-state index contributed by atoms with van der Waals surface area (Å²) in [5.74, 6) is 0.522. The zero-order valence-corrected chi connectivity index (χ0v) is 19.0. The number of halogens is 2. The van der Waals surface area contributed by atoms with Gasteiger partial charge in [0.05, 0.1) is 36.2 Å². The molecule has 2 aromatic carbocycles. The summed E-state index contributed by atoms with van der Waals surface area (Å²) in [6.45, 7) is 0.719. The Bertz CT molecular complexity index is 1080. The molecular weight excluding hydrogens is 455 g/mol. The van der Waals surface area contributed by atoms with Gasteiger partial charge < -0.3 is 19.7 Å². The number of Topliss-reactive ketones (excluding diaryl/α,β-unsaturated/α-hetero) is 1. The van der Waals surface area contributed by atoms with Crippen LogP contribution in [0, 0.1) is 0 Å². The van der Waals surface area contributed by atoms with E-state index in [9.17, 15) is 14.4 Å². The molecule has 0 saturated carbocycles. The van der Waals surface area contributed by atoms with Crippen molar-refractivity contribution in [2.45, 2.75) is 24.9 Å². The Balaban J connectivity index is 1.34. The van der Waals surface area contributed by atoms with Gasteiger partial charge in [-0.1, -0.05) is 23.2 Å². The average molecular weight is 477 g/mol. The number of methoxy groups -OCH3 is 1. The van der Waals surface area contributed by atoms with E-state index in [-0.39, 0.29) is 35.2 Å². The van der Waals surface area contributed by atoms with E-state index in [1.54, 1.807) is 36.3 Å². The topological polar surface area (TPSA) is 84.9 Å². The van der Waals surface area contributed by atoms with Crippen molar-refractivity contribution in [3.05, 3.63) is 57.6 Å². The van der Waals surface area contributed by atoms with Crippen LogP contribution in [0.15, 0.2) is 36.4 Å². The maximum Gasteiger partial charge on any atom is 0.253 e. The van der Waals surface area contributed by atoms with Gasteiger partial charge in [-0.3, -0.25) is 14.4 Å². The first kappa shape index (κ1) is 22.4. The maximum atomic E-state index is 12.7. The average Bonchev–Trinajstić information content (AvgIpc) is 2.77. The second-order valence-electron chi connectivity index (χ2n) is 7.93. The summed E-state index contributed by atoms with van der Waals surface area (Å²) in [5.41, 5.74) is 0.177. The van der Waals surface area contributed by atoms with Crippen molar-refractivity contribution in [1.29, 1.82) is 0 Å². The van der Waals surface area contributed by atoms with Crippen molar-refractivity contribution >= 4 is 40.8 Å². The van der Waals surface area contributed by atoms with E-state index in [0.29, 0.717) is 48.0 Å². The number of likely N-dealkylation sites (tertiary alicyclic amines) is 1. The lowest BCUT2D eigenvalue weighted by Gasteiger charge is -2.44. The highest BCUT2D eigenvalue weighted by Gasteiger charge is 2.43. The molecule has 168 valence electrons. The summed E-state index contributed by atoms with van der Waals surface area (Å²) in [6, 6.07) is 9.74. The van der Waals surface area contributed by atoms with Crippen LogP contribution in [-0.4, -0.2) is 54.8 Å². The number of ether oxygens (including phenoxy) is 2. The molecule has 1 fully saturated rings. The number of nitrogens with one attached hydrogen (secondary N) is 1. The van der Waals surface area contributed by atoms with Crippen molar-refractivity contribution in [2.75, 3.05) is 26.7 Å². The first-order valence-corrected chi connectivity index (χ1v) is 11.0. The molecule has 1 N–H and O–H groups in total. The van der Waals surface area contributed by atoms with Crippen molar-refractivity contribution in [2.24, 2.45) is 0 Å². The van der Waals surface area contributed by atoms with Gasteiger partial charge in [0, 0.05) is 37.0 Å². The second-order valence-corrected chi connectivity index (χ2v) is 8.78. The number of ketones is 1. The Kier molecular flexibility index (Phi) is 6.31. The molecule has 2 aliphatic rings. The maximum absolute atomic E-state index is 12.7. The molecule has 32 heavy (non-hydrogen) atoms. The molecule has 2 aliphatic heterocycles. The molecule has 0 aromatic heterocycles. The summed E-state index contributed by atoms with van der Waals surface area (Å²) < 4.78 is 11.5. The molecule has 0 radical (unpaired) electrons. The van der Waals surface area contributed by atoms with E-state index in [0.717, 1.165) is 0 Å². The SMILES string of the molecule is COc1ccc2c(c1)OC1(CCN(C(=O)CNC(=O)c3ccc(Cl)cc3Cl)CC1)CC2=O. The Morgan fingerprint density at radius 1 is 1.16 bits per heavy atom. The monoisotopic (exact) mass is 476 g/mol. The number of piperidine rings is 1. The van der Waals surface area contributed by atoms with Gasteiger partial charge in [-0.05, 0) is 30.3 Å². The number of fused-ring (bicyclic) bond motifs is 1. The highest BCUT2D eigenvalue weighted by Crippen LogP contribution is 2.40. The van der Waals surface area contributed by atoms with Crippen molar-refractivity contribution in [1.82, 2.24) is 10.2 Å². The molecule has 0 aliphatic carbocycles. The number of rotatable bonds is 4. The van der Waals surface area contributed by atoms with E-state index in [2.05, 4.69) is 5.32 Å². The summed E-state index contributed by atoms with van der Waals surface area (Å²) >= 11 is 11.9. The largest absolute Gasteiger partial charge is 0.497 e. The predicted molar refractivity (Wildman–Crippen MR) is 120 cm³/mol. The molecule has 2 aromatic rings. The molecule has 2 amide bonds. The highest BCUT2D eigenvalue weighted by molar-refractivity contribution is 6.36. The summed E-state index contributed by atoms with van der Waals surface area (Å²) in [6.07, 6.45) is 1.33. The van der Waals surface area contributed by atoms with Gasteiger partial charge in [-0.2, -0.15) is 0 Å². The number of nitrogens with zero attached hydrogens (tertiary/aromatic N) is 1. The molecule has 0 unspecified atom stereocenters. The molecule has 1 spiro atoms. The Morgan fingerprint density at radius 2 is 1.91 bits per heavy atom. The Hall–Kier alpha value is -2.77. The van der Waals surface area contributed by atoms with Crippen LogP contribution in [0.5, 0.6) is 11.5 Å². The van der Waals surface area contributed by atoms with E-state index < -0.39 is 11.5 Å². The van der Waals surface area contributed by atoms with Gasteiger partial charge in [0.15, 0.2) is 5.78 Å². The van der Waals surface area contributed by atoms with Crippen LogP contribution >= 0.6 is 23.2 Å². The van der Waals surface area contributed by atoms with Crippen LogP contribution in [0.1, 0.15) is 40.0 Å². The first-order chi connectivity index (χ1) is 15.3. The lowest BCUT2D eigenvalue weighted by atomic mass is 9.82. The van der Waals surface area contributed by atoms with Gasteiger partial charge >= 0.3 is 0 Å². The van der Waals surface area contributed by atoms with Gasteiger partial charge in [0.2, 0.25) is 5.91 Å². The van der Waals surface area contributed by atoms with Crippen molar-refractivity contribution in [3.63, 3.8) is 0 Å². The highest BCUT2D eigenvalue weighted by atomic mass is 35.5. The zero-order chi connectivity index (χ0) is 22.9. The van der Waals surface area contributed by atoms with Gasteiger partial charge in [0.1, 0.15) is 17.1 Å².